The highest BCUT2D eigenvalue weighted by Gasteiger charge is 2.31. The van der Waals surface area contributed by atoms with Crippen molar-refractivity contribution in [2.45, 2.75) is 38.6 Å². The second-order valence-electron chi connectivity index (χ2n) is 8.79. The molecule has 3 aromatic rings. The van der Waals surface area contributed by atoms with Crippen molar-refractivity contribution in [3.05, 3.63) is 83.5 Å². The van der Waals surface area contributed by atoms with E-state index in [0.29, 0.717) is 11.3 Å². The van der Waals surface area contributed by atoms with E-state index >= 15 is 0 Å². The lowest BCUT2D eigenvalue weighted by molar-refractivity contribution is -0.133. The van der Waals surface area contributed by atoms with Crippen LogP contribution in [0.3, 0.4) is 0 Å². The zero-order valence-electron chi connectivity index (χ0n) is 18.8. The van der Waals surface area contributed by atoms with Gasteiger partial charge in [-0.15, -0.1) is 0 Å². The minimum atomic E-state index is -3.39. The summed E-state index contributed by atoms with van der Waals surface area (Å²) in [6.45, 7) is 3.27. The molecule has 0 aliphatic carbocycles. The molecule has 0 spiro atoms. The van der Waals surface area contributed by atoms with Crippen molar-refractivity contribution in [1.82, 2.24) is 19.7 Å². The summed E-state index contributed by atoms with van der Waals surface area (Å²) >= 11 is 0. The molecule has 10 heteroatoms. The molecule has 1 aromatic carbocycles. The number of sulfone groups is 1. The molecule has 4 rings (SSSR count). The van der Waals surface area contributed by atoms with E-state index in [0.717, 1.165) is 16.5 Å². The molecule has 1 atom stereocenters. The normalized spacial score (nSPS) is 17.1. The number of nitrogens with zero attached hydrogens (tertiary/aromatic N) is 4. The number of pyridine rings is 1. The second kappa shape index (κ2) is 9.11. The number of carbonyl (C=O) groups excluding carboxylic acids is 1. The van der Waals surface area contributed by atoms with Crippen molar-refractivity contribution in [3.63, 3.8) is 0 Å². The molecule has 8 nitrogen and oxygen atoms in total. The summed E-state index contributed by atoms with van der Waals surface area (Å²) in [7, 11) is -3.39. The molecule has 0 fully saturated rings. The first-order chi connectivity index (χ1) is 16.0. The lowest BCUT2D eigenvalue weighted by Crippen LogP contribution is -2.42. The van der Waals surface area contributed by atoms with Gasteiger partial charge in [-0.05, 0) is 55.3 Å². The lowest BCUT2D eigenvalue weighted by atomic mass is 10.0. The van der Waals surface area contributed by atoms with Crippen LogP contribution in [0.15, 0.2) is 66.5 Å². The minimum absolute atomic E-state index is 0.102. The van der Waals surface area contributed by atoms with Crippen LogP contribution in [-0.4, -0.2) is 50.9 Å². The maximum atomic E-state index is 13.3. The van der Waals surface area contributed by atoms with Gasteiger partial charge < -0.3 is 10.0 Å². The highest BCUT2D eigenvalue weighted by molar-refractivity contribution is 7.94. The fraction of sp³-hybridized carbons (Fsp3) is 0.292. The van der Waals surface area contributed by atoms with Gasteiger partial charge in [-0.1, -0.05) is 12.1 Å². The van der Waals surface area contributed by atoms with E-state index in [1.54, 1.807) is 56.7 Å². The van der Waals surface area contributed by atoms with Crippen LogP contribution in [0.1, 0.15) is 25.1 Å². The van der Waals surface area contributed by atoms with Crippen LogP contribution in [0.2, 0.25) is 0 Å². The zero-order valence-corrected chi connectivity index (χ0v) is 19.6. The van der Waals surface area contributed by atoms with Crippen LogP contribution in [0, 0.1) is 5.82 Å². The standard InChI is InChI=1S/C24H25FN4O4S/c1-24(2,31)22-11-17(7-9-26-22)13-29(21-8-10-34(32,33)16-21)23(30)15-28-14-19(12-27-28)18-3-5-20(25)6-4-18/h3-12,14,21,31H,13,15-16H2,1-2H3/t21-/m1/s1. The first-order valence-electron chi connectivity index (χ1n) is 10.7. The smallest absolute Gasteiger partial charge is 0.245 e. The molecule has 1 amide bonds. The van der Waals surface area contributed by atoms with Crippen molar-refractivity contribution >= 4 is 15.7 Å². The summed E-state index contributed by atoms with van der Waals surface area (Å²) in [6.07, 6.45) is 6.33. The number of hydrogen-bond acceptors (Lipinski definition) is 6. The summed E-state index contributed by atoms with van der Waals surface area (Å²) in [4.78, 5) is 19.0. The van der Waals surface area contributed by atoms with E-state index < -0.39 is 21.5 Å². The lowest BCUT2D eigenvalue weighted by Gasteiger charge is -2.28. The first kappa shape index (κ1) is 23.8. The van der Waals surface area contributed by atoms with Gasteiger partial charge in [0.2, 0.25) is 5.91 Å². The Balaban J connectivity index is 1.56. The molecular formula is C24H25FN4O4S. The molecule has 0 unspecified atom stereocenters. The number of amides is 1. The number of benzene rings is 1. The molecule has 0 bridgehead atoms. The number of rotatable bonds is 7. The van der Waals surface area contributed by atoms with Gasteiger partial charge in [-0.25, -0.2) is 12.8 Å². The topological polar surface area (TPSA) is 105 Å². The molecule has 1 aliphatic heterocycles. The minimum Gasteiger partial charge on any atom is -0.384 e. The van der Waals surface area contributed by atoms with Crippen LogP contribution in [-0.2, 0) is 33.3 Å². The molecule has 0 saturated carbocycles. The Morgan fingerprint density at radius 2 is 1.97 bits per heavy atom. The van der Waals surface area contributed by atoms with Gasteiger partial charge in [0, 0.05) is 29.9 Å². The monoisotopic (exact) mass is 484 g/mol. The maximum Gasteiger partial charge on any atom is 0.245 e. The Hall–Kier alpha value is -3.37. The van der Waals surface area contributed by atoms with E-state index in [1.165, 1.54) is 27.8 Å². The van der Waals surface area contributed by atoms with Gasteiger partial charge >= 0.3 is 0 Å². The average Bonchev–Trinajstić information content (AvgIpc) is 3.38. The van der Waals surface area contributed by atoms with Crippen molar-refractivity contribution in [2.75, 3.05) is 5.75 Å². The van der Waals surface area contributed by atoms with Gasteiger partial charge in [-0.2, -0.15) is 5.10 Å². The number of aromatic nitrogens is 3. The molecule has 0 radical (unpaired) electrons. The molecule has 34 heavy (non-hydrogen) atoms. The summed E-state index contributed by atoms with van der Waals surface area (Å²) in [5, 5.41) is 15.7. The summed E-state index contributed by atoms with van der Waals surface area (Å²) < 4.78 is 38.7. The number of hydrogen-bond donors (Lipinski definition) is 1. The second-order valence-corrected chi connectivity index (χ2v) is 10.7. The Labute approximate surface area is 197 Å². The Bertz CT molecular complexity index is 1330. The number of aliphatic hydroxyl groups is 1. The molecule has 0 saturated heterocycles. The van der Waals surface area contributed by atoms with Gasteiger partial charge in [0.25, 0.3) is 0 Å². The highest BCUT2D eigenvalue weighted by Crippen LogP contribution is 2.23. The summed E-state index contributed by atoms with van der Waals surface area (Å²) in [6, 6.07) is 8.76. The molecule has 1 aliphatic rings. The van der Waals surface area contributed by atoms with E-state index in [4.69, 9.17) is 0 Å². The third-order valence-electron chi connectivity index (χ3n) is 5.54. The predicted octanol–water partition coefficient (Wildman–Crippen LogP) is 2.65. The zero-order chi connectivity index (χ0) is 24.5. The van der Waals surface area contributed by atoms with E-state index in [2.05, 4.69) is 10.1 Å². The van der Waals surface area contributed by atoms with Crippen molar-refractivity contribution < 1.29 is 22.7 Å². The fourth-order valence-corrected chi connectivity index (χ4v) is 5.02. The molecule has 2 aromatic heterocycles. The Morgan fingerprint density at radius 1 is 1.24 bits per heavy atom. The van der Waals surface area contributed by atoms with E-state index in [9.17, 15) is 22.7 Å². The van der Waals surface area contributed by atoms with E-state index in [-0.39, 0.29) is 30.6 Å². The predicted molar refractivity (Wildman–Crippen MR) is 124 cm³/mol. The quantitative estimate of drug-likeness (QED) is 0.553. The summed E-state index contributed by atoms with van der Waals surface area (Å²) in [5.74, 6) is -0.852. The van der Waals surface area contributed by atoms with Crippen molar-refractivity contribution in [3.8, 4) is 11.1 Å². The average molecular weight is 485 g/mol. The molecule has 178 valence electrons. The largest absolute Gasteiger partial charge is 0.384 e. The van der Waals surface area contributed by atoms with Gasteiger partial charge in [0.1, 0.15) is 18.0 Å². The molecule has 1 N–H and O–H groups in total. The number of halogens is 1. The van der Waals surface area contributed by atoms with Crippen LogP contribution in [0.25, 0.3) is 11.1 Å². The van der Waals surface area contributed by atoms with Crippen LogP contribution in [0.5, 0.6) is 0 Å². The molecule has 3 heterocycles. The fourth-order valence-electron chi connectivity index (χ4n) is 3.72. The number of carbonyl (C=O) groups is 1. The Kier molecular flexibility index (Phi) is 6.37. The van der Waals surface area contributed by atoms with Crippen LogP contribution < -0.4 is 0 Å². The van der Waals surface area contributed by atoms with Crippen molar-refractivity contribution in [1.29, 1.82) is 0 Å². The van der Waals surface area contributed by atoms with Crippen LogP contribution >= 0.6 is 0 Å². The van der Waals surface area contributed by atoms with Gasteiger partial charge in [-0.3, -0.25) is 14.5 Å². The third kappa shape index (κ3) is 5.57. The third-order valence-corrected chi connectivity index (χ3v) is 6.92. The maximum absolute atomic E-state index is 13.3. The summed E-state index contributed by atoms with van der Waals surface area (Å²) in [5.41, 5.74) is 1.49. The van der Waals surface area contributed by atoms with Crippen molar-refractivity contribution in [2.24, 2.45) is 0 Å². The SMILES string of the molecule is CC(C)(O)c1cc(CN(C(=O)Cn2cc(-c3ccc(F)cc3)cn2)[C@@H]2C=CS(=O)(=O)C2)ccn1. The Morgan fingerprint density at radius 3 is 2.62 bits per heavy atom. The first-order valence-corrected chi connectivity index (χ1v) is 12.4. The molecular weight excluding hydrogens is 459 g/mol. The van der Waals surface area contributed by atoms with Crippen LogP contribution in [0.4, 0.5) is 4.39 Å². The highest BCUT2D eigenvalue weighted by atomic mass is 32.2. The van der Waals surface area contributed by atoms with E-state index in [1.807, 2.05) is 0 Å². The van der Waals surface area contributed by atoms with Gasteiger partial charge in [0.05, 0.1) is 23.7 Å². The van der Waals surface area contributed by atoms with Gasteiger partial charge in [0.15, 0.2) is 9.84 Å².